The van der Waals surface area contributed by atoms with Gasteiger partial charge in [-0.1, -0.05) is 12.0 Å². The molecule has 5 heteroatoms. The molecule has 0 saturated carbocycles. The molecule has 0 spiro atoms. The van der Waals surface area contributed by atoms with Crippen molar-refractivity contribution in [3.05, 3.63) is 23.3 Å². The average molecular weight is 218 g/mol. The topological polar surface area (TPSA) is 53.6 Å². The van der Waals surface area contributed by atoms with E-state index in [2.05, 4.69) is 26.4 Å². The van der Waals surface area contributed by atoms with E-state index in [1.165, 1.54) is 0 Å². The van der Waals surface area contributed by atoms with E-state index in [1.54, 1.807) is 11.3 Å². The standard InChI is InChI=1S/C10H10N4S/c1-2-5-11-7-9-12-10(14-13-9)8-4-3-6-15-8/h1,3-4,6,11H,5,7H2,(H,12,13,14). The van der Waals surface area contributed by atoms with Crippen molar-refractivity contribution in [2.24, 2.45) is 0 Å². The number of terminal acetylenes is 1. The highest BCUT2D eigenvalue weighted by atomic mass is 32.1. The molecule has 0 fully saturated rings. The third-order valence-corrected chi connectivity index (χ3v) is 2.66. The first kappa shape index (κ1) is 9.90. The Morgan fingerprint density at radius 2 is 2.53 bits per heavy atom. The summed E-state index contributed by atoms with van der Waals surface area (Å²) in [6.07, 6.45) is 5.12. The number of hydrogen-bond acceptors (Lipinski definition) is 4. The lowest BCUT2D eigenvalue weighted by molar-refractivity contribution is 0.727. The fourth-order valence-electron chi connectivity index (χ4n) is 1.14. The molecule has 0 atom stereocenters. The molecule has 0 saturated heterocycles. The molecular formula is C10H10N4S. The fourth-order valence-corrected chi connectivity index (χ4v) is 1.80. The molecule has 0 amide bonds. The van der Waals surface area contributed by atoms with Crippen molar-refractivity contribution < 1.29 is 0 Å². The molecule has 2 rings (SSSR count). The van der Waals surface area contributed by atoms with E-state index in [1.807, 2.05) is 17.5 Å². The summed E-state index contributed by atoms with van der Waals surface area (Å²) < 4.78 is 0. The summed E-state index contributed by atoms with van der Waals surface area (Å²) in [7, 11) is 0. The first-order valence-electron chi connectivity index (χ1n) is 4.49. The zero-order chi connectivity index (χ0) is 10.5. The van der Waals surface area contributed by atoms with Crippen LogP contribution >= 0.6 is 11.3 Å². The van der Waals surface area contributed by atoms with E-state index < -0.39 is 0 Å². The van der Waals surface area contributed by atoms with Crippen LogP contribution < -0.4 is 5.32 Å². The second-order valence-corrected chi connectivity index (χ2v) is 3.84. The molecule has 0 unspecified atom stereocenters. The van der Waals surface area contributed by atoms with Crippen molar-refractivity contribution in [1.82, 2.24) is 20.5 Å². The summed E-state index contributed by atoms with van der Waals surface area (Å²) >= 11 is 1.62. The first-order chi connectivity index (χ1) is 7.40. The van der Waals surface area contributed by atoms with Crippen LogP contribution in [0.5, 0.6) is 0 Å². The molecule has 76 valence electrons. The third kappa shape index (κ3) is 2.43. The van der Waals surface area contributed by atoms with Crippen LogP contribution in [0.1, 0.15) is 5.82 Å². The van der Waals surface area contributed by atoms with Gasteiger partial charge in [-0.15, -0.1) is 17.8 Å². The second-order valence-electron chi connectivity index (χ2n) is 2.89. The summed E-state index contributed by atoms with van der Waals surface area (Å²) in [6, 6.07) is 3.97. The maximum absolute atomic E-state index is 5.12. The van der Waals surface area contributed by atoms with Crippen LogP contribution in [-0.4, -0.2) is 21.7 Å². The highest BCUT2D eigenvalue weighted by Gasteiger charge is 2.05. The minimum Gasteiger partial charge on any atom is -0.299 e. The fraction of sp³-hybridized carbons (Fsp3) is 0.200. The van der Waals surface area contributed by atoms with E-state index in [0.29, 0.717) is 13.1 Å². The van der Waals surface area contributed by atoms with Crippen LogP contribution in [0, 0.1) is 12.3 Å². The van der Waals surface area contributed by atoms with Gasteiger partial charge in [-0.2, -0.15) is 5.10 Å². The lowest BCUT2D eigenvalue weighted by atomic mass is 10.4. The van der Waals surface area contributed by atoms with Gasteiger partial charge in [-0.3, -0.25) is 10.4 Å². The lowest BCUT2D eigenvalue weighted by Gasteiger charge is -1.93. The lowest BCUT2D eigenvalue weighted by Crippen LogP contribution is -2.13. The normalized spacial score (nSPS) is 10.1. The molecule has 2 aromatic heterocycles. The Morgan fingerprint density at radius 1 is 1.60 bits per heavy atom. The number of aromatic amines is 1. The van der Waals surface area contributed by atoms with Gasteiger partial charge in [0.05, 0.1) is 18.0 Å². The molecule has 15 heavy (non-hydrogen) atoms. The monoisotopic (exact) mass is 218 g/mol. The van der Waals surface area contributed by atoms with Crippen LogP contribution in [0.3, 0.4) is 0 Å². The molecule has 0 aliphatic heterocycles. The molecule has 2 N–H and O–H groups in total. The number of hydrogen-bond donors (Lipinski definition) is 2. The smallest absolute Gasteiger partial charge is 0.191 e. The number of H-pyrrole nitrogens is 1. The Labute approximate surface area is 91.8 Å². The van der Waals surface area contributed by atoms with Crippen LogP contribution in [-0.2, 0) is 6.54 Å². The highest BCUT2D eigenvalue weighted by molar-refractivity contribution is 7.13. The van der Waals surface area contributed by atoms with E-state index in [0.717, 1.165) is 16.5 Å². The van der Waals surface area contributed by atoms with Crippen molar-refractivity contribution in [3.8, 4) is 23.0 Å². The van der Waals surface area contributed by atoms with Gasteiger partial charge < -0.3 is 0 Å². The Bertz CT molecular complexity index is 452. The summed E-state index contributed by atoms with van der Waals surface area (Å²) in [6.45, 7) is 1.15. The molecule has 2 heterocycles. The summed E-state index contributed by atoms with van der Waals surface area (Å²) in [5, 5.41) is 12.0. The van der Waals surface area contributed by atoms with E-state index in [4.69, 9.17) is 6.42 Å². The van der Waals surface area contributed by atoms with Gasteiger partial charge in [-0.05, 0) is 11.4 Å². The van der Waals surface area contributed by atoms with Crippen LogP contribution in [0.15, 0.2) is 17.5 Å². The van der Waals surface area contributed by atoms with E-state index in [-0.39, 0.29) is 0 Å². The number of nitrogens with zero attached hydrogens (tertiary/aromatic N) is 2. The minimum absolute atomic E-state index is 0.537. The van der Waals surface area contributed by atoms with Crippen molar-refractivity contribution in [1.29, 1.82) is 0 Å². The van der Waals surface area contributed by atoms with Gasteiger partial charge in [0, 0.05) is 0 Å². The molecule has 0 aliphatic rings. The van der Waals surface area contributed by atoms with Gasteiger partial charge in [0.15, 0.2) is 5.82 Å². The van der Waals surface area contributed by atoms with Crippen molar-refractivity contribution in [2.75, 3.05) is 6.54 Å². The Balaban J connectivity index is 2.02. The predicted molar refractivity (Wildman–Crippen MR) is 60.2 cm³/mol. The van der Waals surface area contributed by atoms with Crippen LogP contribution in [0.2, 0.25) is 0 Å². The third-order valence-electron chi connectivity index (χ3n) is 1.79. The summed E-state index contributed by atoms with van der Waals surface area (Å²) in [5.41, 5.74) is 0. The molecule has 0 bridgehead atoms. The zero-order valence-corrected chi connectivity index (χ0v) is 8.84. The minimum atomic E-state index is 0.537. The molecule has 0 aromatic carbocycles. The molecule has 4 nitrogen and oxygen atoms in total. The van der Waals surface area contributed by atoms with Crippen LogP contribution in [0.4, 0.5) is 0 Å². The number of rotatable bonds is 4. The largest absolute Gasteiger partial charge is 0.299 e. The Hall–Kier alpha value is -1.64. The van der Waals surface area contributed by atoms with E-state index in [9.17, 15) is 0 Å². The SMILES string of the molecule is C#CCNCc1nc(-c2cccs2)n[nH]1. The van der Waals surface area contributed by atoms with Crippen LogP contribution in [0.25, 0.3) is 10.7 Å². The van der Waals surface area contributed by atoms with Gasteiger partial charge in [0.1, 0.15) is 5.82 Å². The number of thiophene rings is 1. The average Bonchev–Trinajstić information content (AvgIpc) is 2.87. The van der Waals surface area contributed by atoms with Gasteiger partial charge in [0.2, 0.25) is 0 Å². The summed E-state index contributed by atoms with van der Waals surface area (Å²) in [5.74, 6) is 4.04. The number of aromatic nitrogens is 3. The first-order valence-corrected chi connectivity index (χ1v) is 5.37. The second kappa shape index (κ2) is 4.73. The predicted octanol–water partition coefficient (Wildman–Crippen LogP) is 1.26. The molecule has 2 aromatic rings. The number of nitrogens with one attached hydrogen (secondary N) is 2. The van der Waals surface area contributed by atoms with Gasteiger partial charge in [-0.25, -0.2) is 4.98 Å². The Morgan fingerprint density at radius 3 is 3.27 bits per heavy atom. The molecular weight excluding hydrogens is 208 g/mol. The maximum Gasteiger partial charge on any atom is 0.191 e. The quantitative estimate of drug-likeness (QED) is 0.600. The van der Waals surface area contributed by atoms with Crippen molar-refractivity contribution >= 4 is 11.3 Å². The molecule has 0 radical (unpaired) electrons. The highest BCUT2D eigenvalue weighted by Crippen LogP contribution is 2.20. The Kier molecular flexibility index (Phi) is 3.12. The maximum atomic E-state index is 5.12. The van der Waals surface area contributed by atoms with Gasteiger partial charge >= 0.3 is 0 Å². The molecule has 0 aliphatic carbocycles. The zero-order valence-electron chi connectivity index (χ0n) is 8.03. The van der Waals surface area contributed by atoms with Crippen molar-refractivity contribution in [3.63, 3.8) is 0 Å². The summed E-state index contributed by atoms with van der Waals surface area (Å²) in [4.78, 5) is 5.40. The van der Waals surface area contributed by atoms with Crippen molar-refractivity contribution in [2.45, 2.75) is 6.54 Å². The van der Waals surface area contributed by atoms with E-state index >= 15 is 0 Å². The van der Waals surface area contributed by atoms with Gasteiger partial charge in [0.25, 0.3) is 0 Å².